The lowest BCUT2D eigenvalue weighted by atomic mass is 9.77. The number of ether oxygens (including phenoxy) is 1. The molecule has 6 heteroatoms. The molecule has 0 radical (unpaired) electrons. The van der Waals surface area contributed by atoms with E-state index in [0.717, 1.165) is 11.1 Å². The third-order valence-electron chi connectivity index (χ3n) is 2.94. The number of aryl methyl sites for hydroxylation is 1. The van der Waals surface area contributed by atoms with Gasteiger partial charge in [0.15, 0.2) is 0 Å². The minimum absolute atomic E-state index is 0.0590. The van der Waals surface area contributed by atoms with Crippen molar-refractivity contribution in [1.29, 1.82) is 0 Å². The van der Waals surface area contributed by atoms with Crippen LogP contribution in [0.2, 0.25) is 0 Å². The molecule has 0 bridgehead atoms. The lowest BCUT2D eigenvalue weighted by Gasteiger charge is -2.13. The topological polar surface area (TPSA) is 76.0 Å². The van der Waals surface area contributed by atoms with Crippen LogP contribution in [0.15, 0.2) is 12.1 Å². The molecule has 0 saturated carbocycles. The van der Waals surface area contributed by atoms with Crippen LogP contribution in [0.1, 0.15) is 58.3 Å². The van der Waals surface area contributed by atoms with Gasteiger partial charge in [0.05, 0.1) is 19.1 Å². The average molecular weight is 310 g/mol. The van der Waals surface area contributed by atoms with Crippen molar-refractivity contribution >= 4 is 18.6 Å². The van der Waals surface area contributed by atoms with Gasteiger partial charge in [0.25, 0.3) is 0 Å². The Balaban J connectivity index is 0.00000102. The van der Waals surface area contributed by atoms with Crippen molar-refractivity contribution in [3.63, 3.8) is 0 Å². The van der Waals surface area contributed by atoms with E-state index in [9.17, 15) is 14.9 Å². The van der Waals surface area contributed by atoms with E-state index < -0.39 is 13.2 Å². The molecule has 1 aliphatic rings. The van der Waals surface area contributed by atoms with Gasteiger partial charge in [0.2, 0.25) is 0 Å². The van der Waals surface area contributed by atoms with E-state index in [1.165, 1.54) is 6.07 Å². The molecule has 1 aromatic carbocycles. The molecule has 0 spiro atoms. The number of esters is 1. The molecule has 1 heterocycles. The van der Waals surface area contributed by atoms with Crippen molar-refractivity contribution in [2.24, 2.45) is 0 Å². The lowest BCUT2D eigenvalue weighted by molar-refractivity contribution is -0.145. The number of carbonyl (C=O) groups is 1. The number of aromatic hydroxyl groups is 1. The Hall–Kier alpha value is -1.53. The van der Waals surface area contributed by atoms with E-state index >= 15 is 0 Å². The minimum Gasteiger partial charge on any atom is -0.508 e. The average Bonchev–Trinajstić information content (AvgIpc) is 2.80. The molecule has 0 aliphatic carbocycles. The number of hydrogen-bond acceptors (Lipinski definition) is 5. The Morgan fingerprint density at radius 3 is 2.45 bits per heavy atom. The highest BCUT2D eigenvalue weighted by Gasteiger charge is 2.37. The third kappa shape index (κ3) is 5.03. The molecule has 1 aromatic rings. The number of rotatable bonds is 3. The van der Waals surface area contributed by atoms with E-state index in [2.05, 4.69) is 0 Å². The number of benzene rings is 1. The number of carbonyl (C=O) groups excluding carboxylic acids is 1. The monoisotopic (exact) mass is 310 g/mol. The van der Waals surface area contributed by atoms with Gasteiger partial charge in [0.1, 0.15) is 5.75 Å². The van der Waals surface area contributed by atoms with Crippen LogP contribution in [0.4, 0.5) is 0 Å². The van der Waals surface area contributed by atoms with Crippen LogP contribution in [0, 0.1) is 6.92 Å². The molecule has 1 atom stereocenters. The van der Waals surface area contributed by atoms with E-state index in [0.29, 0.717) is 12.1 Å². The van der Waals surface area contributed by atoms with E-state index in [4.69, 9.17) is 9.39 Å². The molecule has 0 aromatic heterocycles. The second kappa shape index (κ2) is 10.2. The quantitative estimate of drug-likeness (QED) is 0.662. The molecule has 0 amide bonds. The Morgan fingerprint density at radius 2 is 1.91 bits per heavy atom. The molecule has 5 nitrogen and oxygen atoms in total. The Bertz CT molecular complexity index is 476. The smallest absolute Gasteiger partial charge is 0.492 e. The van der Waals surface area contributed by atoms with Gasteiger partial charge in [-0.2, -0.15) is 0 Å². The summed E-state index contributed by atoms with van der Waals surface area (Å²) in [4.78, 5) is 11.5. The fourth-order valence-electron chi connectivity index (χ4n) is 2.27. The van der Waals surface area contributed by atoms with Crippen LogP contribution < -0.4 is 5.46 Å². The van der Waals surface area contributed by atoms with Crippen molar-refractivity contribution in [3.8, 4) is 5.75 Å². The zero-order valence-corrected chi connectivity index (χ0v) is 14.3. The summed E-state index contributed by atoms with van der Waals surface area (Å²) in [5, 5.41) is 19.2. The lowest BCUT2D eigenvalue weighted by Crippen LogP contribution is -2.28. The van der Waals surface area contributed by atoms with Crippen molar-refractivity contribution in [1.82, 2.24) is 0 Å². The maximum absolute atomic E-state index is 11.5. The van der Waals surface area contributed by atoms with Gasteiger partial charge in [-0.25, -0.2) is 0 Å². The molecule has 124 valence electrons. The summed E-state index contributed by atoms with van der Waals surface area (Å²) in [6.07, 6.45) is -0.460. The fraction of sp³-hybridized carbons (Fsp3) is 0.562. The summed E-state index contributed by atoms with van der Waals surface area (Å²) in [6.45, 7) is 11.9. The van der Waals surface area contributed by atoms with Crippen LogP contribution in [0.25, 0.3) is 0 Å². The number of phenols is 1. The largest absolute Gasteiger partial charge is 0.508 e. The van der Waals surface area contributed by atoms with Crippen molar-refractivity contribution in [3.05, 3.63) is 23.3 Å². The minimum atomic E-state index is -1.11. The third-order valence-corrected chi connectivity index (χ3v) is 2.94. The second-order valence-corrected chi connectivity index (χ2v) is 4.25. The standard InChI is InChI=1S/C12H15BO5.2C2H6/c1-3-17-11(15)6-10-12-7(2)4-8(14)5-9(12)13(16)18-10;2*1-2/h4-5,10,14,16H,3,6H2,1-2H3;2*1-2H3. The molecule has 22 heavy (non-hydrogen) atoms. The van der Waals surface area contributed by atoms with Gasteiger partial charge >= 0.3 is 13.1 Å². The number of fused-ring (bicyclic) bond motifs is 1. The molecular formula is C16H27BO5. The summed E-state index contributed by atoms with van der Waals surface area (Å²) >= 11 is 0. The fourth-order valence-corrected chi connectivity index (χ4v) is 2.27. The van der Waals surface area contributed by atoms with Crippen molar-refractivity contribution in [2.75, 3.05) is 6.61 Å². The Morgan fingerprint density at radius 1 is 1.32 bits per heavy atom. The molecular weight excluding hydrogens is 283 g/mol. The summed E-state index contributed by atoms with van der Waals surface area (Å²) < 4.78 is 10.2. The van der Waals surface area contributed by atoms with Gasteiger partial charge in [-0.15, -0.1) is 0 Å². The van der Waals surface area contributed by atoms with Gasteiger partial charge < -0.3 is 19.5 Å². The Kier molecular flexibility index (Phi) is 9.53. The summed E-state index contributed by atoms with van der Waals surface area (Å²) in [5.74, 6) is -0.291. The van der Waals surface area contributed by atoms with E-state index in [-0.39, 0.29) is 18.1 Å². The van der Waals surface area contributed by atoms with Crippen LogP contribution >= 0.6 is 0 Å². The zero-order chi connectivity index (χ0) is 17.3. The highest BCUT2D eigenvalue weighted by atomic mass is 16.5. The van der Waals surface area contributed by atoms with Gasteiger partial charge in [-0.05, 0) is 42.6 Å². The first-order chi connectivity index (χ1) is 10.5. The summed E-state index contributed by atoms with van der Waals surface area (Å²) in [5.41, 5.74) is 2.06. The summed E-state index contributed by atoms with van der Waals surface area (Å²) in [6, 6.07) is 3.04. The number of hydrogen-bond donors (Lipinski definition) is 2. The predicted octanol–water partition coefficient (Wildman–Crippen LogP) is 2.47. The van der Waals surface area contributed by atoms with Crippen molar-refractivity contribution < 1.29 is 24.3 Å². The van der Waals surface area contributed by atoms with Crippen molar-refractivity contribution in [2.45, 2.75) is 54.1 Å². The first-order valence-corrected chi connectivity index (χ1v) is 7.85. The molecule has 0 saturated heterocycles. The zero-order valence-electron chi connectivity index (χ0n) is 14.3. The van der Waals surface area contributed by atoms with E-state index in [1.807, 2.05) is 27.7 Å². The molecule has 0 fully saturated rings. The molecule has 1 aliphatic heterocycles. The highest BCUT2D eigenvalue weighted by Crippen LogP contribution is 2.31. The first kappa shape index (κ1) is 20.5. The van der Waals surface area contributed by atoms with Gasteiger partial charge in [-0.1, -0.05) is 27.7 Å². The SMILES string of the molecule is CC.CC.CCOC(=O)CC1OB(O)c2cc(O)cc(C)c21. The van der Waals surface area contributed by atoms with Crippen LogP contribution in [-0.4, -0.2) is 29.8 Å². The van der Waals surface area contributed by atoms with Gasteiger partial charge in [0, 0.05) is 0 Å². The normalized spacial score (nSPS) is 15.0. The molecule has 2 rings (SSSR count). The first-order valence-electron chi connectivity index (χ1n) is 7.85. The molecule has 1 unspecified atom stereocenters. The van der Waals surface area contributed by atoms with Crippen LogP contribution in [-0.2, 0) is 14.2 Å². The highest BCUT2D eigenvalue weighted by molar-refractivity contribution is 6.62. The second-order valence-electron chi connectivity index (χ2n) is 4.25. The van der Waals surface area contributed by atoms with Gasteiger partial charge in [-0.3, -0.25) is 4.79 Å². The maximum atomic E-state index is 11.5. The van der Waals surface area contributed by atoms with Crippen LogP contribution in [0.5, 0.6) is 5.75 Å². The number of phenolic OH excluding ortho intramolecular Hbond substituents is 1. The van der Waals surface area contributed by atoms with E-state index in [1.54, 1.807) is 19.9 Å². The molecule has 2 N–H and O–H groups in total. The Labute approximate surface area is 133 Å². The van der Waals surface area contributed by atoms with Crippen LogP contribution in [0.3, 0.4) is 0 Å². The maximum Gasteiger partial charge on any atom is 0.492 e. The predicted molar refractivity (Wildman–Crippen MR) is 88.2 cm³/mol. The summed E-state index contributed by atoms with van der Waals surface area (Å²) in [7, 11) is -1.11.